The lowest BCUT2D eigenvalue weighted by Crippen LogP contribution is -2.30. The third-order valence-corrected chi connectivity index (χ3v) is 2.86. The normalized spacial score (nSPS) is 17.2. The van der Waals surface area contributed by atoms with Gasteiger partial charge in [-0.1, -0.05) is 5.21 Å². The molecule has 0 bridgehead atoms. The first-order valence-corrected chi connectivity index (χ1v) is 5.98. The van der Waals surface area contributed by atoms with E-state index in [-0.39, 0.29) is 17.5 Å². The number of nitrogens with zero attached hydrogens (tertiary/aromatic N) is 3. The molecular formula is C11H19N5O. The van der Waals surface area contributed by atoms with Crippen LogP contribution in [0.1, 0.15) is 38.8 Å². The van der Waals surface area contributed by atoms with E-state index in [4.69, 9.17) is 5.73 Å². The molecule has 2 rings (SSSR count). The molecule has 0 radical (unpaired) electrons. The van der Waals surface area contributed by atoms with Crippen molar-refractivity contribution in [3.63, 3.8) is 0 Å². The molecule has 3 N–H and O–H groups in total. The van der Waals surface area contributed by atoms with Crippen LogP contribution in [0.25, 0.3) is 0 Å². The first-order valence-electron chi connectivity index (χ1n) is 5.98. The highest BCUT2D eigenvalue weighted by Gasteiger charge is 2.42. The fourth-order valence-corrected chi connectivity index (χ4v) is 1.64. The molecule has 1 fully saturated rings. The SMILES string of the molecule is CC(C)NC(=O)CCn1cc(C2(N)CC2)nn1. The van der Waals surface area contributed by atoms with Crippen LogP contribution in [0.3, 0.4) is 0 Å². The van der Waals surface area contributed by atoms with Crippen LogP contribution in [0.15, 0.2) is 6.20 Å². The van der Waals surface area contributed by atoms with Crippen molar-refractivity contribution in [1.29, 1.82) is 0 Å². The number of nitrogens with two attached hydrogens (primary N) is 1. The molecule has 0 aromatic carbocycles. The Kier molecular flexibility index (Phi) is 3.15. The summed E-state index contributed by atoms with van der Waals surface area (Å²) in [5.41, 5.74) is 6.59. The quantitative estimate of drug-likeness (QED) is 0.762. The number of hydrogen-bond acceptors (Lipinski definition) is 4. The van der Waals surface area contributed by atoms with E-state index in [9.17, 15) is 4.79 Å². The van der Waals surface area contributed by atoms with Gasteiger partial charge >= 0.3 is 0 Å². The second-order valence-electron chi connectivity index (χ2n) is 5.00. The fraction of sp³-hybridized carbons (Fsp3) is 0.727. The van der Waals surface area contributed by atoms with Crippen LogP contribution in [0.5, 0.6) is 0 Å². The van der Waals surface area contributed by atoms with Crippen LogP contribution in [0.4, 0.5) is 0 Å². The van der Waals surface area contributed by atoms with Crippen LogP contribution >= 0.6 is 0 Å². The molecule has 1 heterocycles. The van der Waals surface area contributed by atoms with E-state index in [1.54, 1.807) is 4.68 Å². The third kappa shape index (κ3) is 3.03. The van der Waals surface area contributed by atoms with Gasteiger partial charge in [-0.05, 0) is 26.7 Å². The summed E-state index contributed by atoms with van der Waals surface area (Å²) in [5.74, 6) is 0.0333. The second kappa shape index (κ2) is 4.44. The van der Waals surface area contributed by atoms with Gasteiger partial charge in [-0.3, -0.25) is 9.48 Å². The summed E-state index contributed by atoms with van der Waals surface area (Å²) in [7, 11) is 0. The molecule has 1 amide bonds. The maximum atomic E-state index is 11.4. The van der Waals surface area contributed by atoms with Crippen LogP contribution in [0.2, 0.25) is 0 Å². The molecular weight excluding hydrogens is 218 g/mol. The lowest BCUT2D eigenvalue weighted by atomic mass is 10.2. The molecule has 94 valence electrons. The zero-order valence-corrected chi connectivity index (χ0v) is 10.3. The number of nitrogens with one attached hydrogen (secondary N) is 1. The number of aromatic nitrogens is 3. The van der Waals surface area contributed by atoms with E-state index < -0.39 is 0 Å². The van der Waals surface area contributed by atoms with Gasteiger partial charge in [0.05, 0.1) is 18.3 Å². The molecule has 0 unspecified atom stereocenters. The Bertz CT molecular complexity index is 408. The van der Waals surface area contributed by atoms with Crippen LogP contribution in [-0.2, 0) is 16.9 Å². The topological polar surface area (TPSA) is 85.8 Å². The zero-order chi connectivity index (χ0) is 12.5. The van der Waals surface area contributed by atoms with Crippen molar-refractivity contribution in [2.45, 2.75) is 51.2 Å². The van der Waals surface area contributed by atoms with Gasteiger partial charge in [-0.15, -0.1) is 5.10 Å². The Morgan fingerprint density at radius 2 is 2.35 bits per heavy atom. The van der Waals surface area contributed by atoms with E-state index >= 15 is 0 Å². The van der Waals surface area contributed by atoms with Gasteiger partial charge in [0.2, 0.25) is 5.91 Å². The molecule has 1 aliphatic rings. The smallest absolute Gasteiger partial charge is 0.222 e. The molecule has 1 aromatic heterocycles. The minimum atomic E-state index is -0.252. The molecule has 0 atom stereocenters. The maximum Gasteiger partial charge on any atom is 0.222 e. The number of carbonyl (C=O) groups is 1. The minimum Gasteiger partial charge on any atom is -0.354 e. The van der Waals surface area contributed by atoms with Crippen LogP contribution < -0.4 is 11.1 Å². The summed E-state index contributed by atoms with van der Waals surface area (Å²) in [6, 6.07) is 0.174. The van der Waals surface area contributed by atoms with E-state index in [1.807, 2.05) is 20.0 Å². The van der Waals surface area contributed by atoms with Gasteiger partial charge in [0.25, 0.3) is 0 Å². The van der Waals surface area contributed by atoms with Crippen LogP contribution in [0, 0.1) is 0 Å². The van der Waals surface area contributed by atoms with Crippen molar-refractivity contribution in [1.82, 2.24) is 20.3 Å². The second-order valence-corrected chi connectivity index (χ2v) is 5.00. The Hall–Kier alpha value is -1.43. The lowest BCUT2D eigenvalue weighted by molar-refractivity contribution is -0.121. The van der Waals surface area contributed by atoms with Gasteiger partial charge in [-0.2, -0.15) is 0 Å². The van der Waals surface area contributed by atoms with Crippen molar-refractivity contribution < 1.29 is 4.79 Å². The molecule has 0 spiro atoms. The average molecular weight is 237 g/mol. The lowest BCUT2D eigenvalue weighted by Gasteiger charge is -2.07. The summed E-state index contributed by atoms with van der Waals surface area (Å²) in [6.45, 7) is 4.43. The molecule has 6 heteroatoms. The summed E-state index contributed by atoms with van der Waals surface area (Å²) in [6.07, 6.45) is 4.20. The predicted octanol–water partition coefficient (Wildman–Crippen LogP) is 0.141. The largest absolute Gasteiger partial charge is 0.354 e. The average Bonchev–Trinajstić information content (AvgIpc) is 2.80. The number of rotatable bonds is 5. The van der Waals surface area contributed by atoms with Gasteiger partial charge in [0.15, 0.2) is 0 Å². The highest BCUT2D eigenvalue weighted by molar-refractivity contribution is 5.76. The van der Waals surface area contributed by atoms with E-state index in [0.29, 0.717) is 13.0 Å². The number of aryl methyl sites for hydroxylation is 1. The maximum absolute atomic E-state index is 11.4. The Balaban J connectivity index is 1.83. The van der Waals surface area contributed by atoms with Gasteiger partial charge in [-0.25, -0.2) is 0 Å². The van der Waals surface area contributed by atoms with Gasteiger partial charge < -0.3 is 11.1 Å². The van der Waals surface area contributed by atoms with E-state index in [1.165, 1.54) is 0 Å². The van der Waals surface area contributed by atoms with Gasteiger partial charge in [0, 0.05) is 12.5 Å². The molecule has 1 aliphatic carbocycles. The van der Waals surface area contributed by atoms with E-state index in [2.05, 4.69) is 15.6 Å². The molecule has 0 aliphatic heterocycles. The highest BCUT2D eigenvalue weighted by atomic mass is 16.1. The first-order chi connectivity index (χ1) is 7.99. The summed E-state index contributed by atoms with van der Waals surface area (Å²) < 4.78 is 1.68. The summed E-state index contributed by atoms with van der Waals surface area (Å²) >= 11 is 0. The molecule has 17 heavy (non-hydrogen) atoms. The molecule has 6 nitrogen and oxygen atoms in total. The van der Waals surface area contributed by atoms with Crippen molar-refractivity contribution in [2.24, 2.45) is 5.73 Å². The van der Waals surface area contributed by atoms with E-state index in [0.717, 1.165) is 18.5 Å². The molecule has 1 saturated carbocycles. The summed E-state index contributed by atoms with van der Waals surface area (Å²) in [4.78, 5) is 11.4. The minimum absolute atomic E-state index is 0.0333. The van der Waals surface area contributed by atoms with Crippen molar-refractivity contribution in [3.8, 4) is 0 Å². The number of amides is 1. The standard InChI is InChI=1S/C11H19N5O/c1-8(2)13-10(17)3-6-16-7-9(14-15-16)11(12)4-5-11/h7-8H,3-6,12H2,1-2H3,(H,13,17). The van der Waals surface area contributed by atoms with Gasteiger partial charge in [0.1, 0.15) is 5.69 Å². The molecule has 0 saturated heterocycles. The van der Waals surface area contributed by atoms with Crippen molar-refractivity contribution in [2.75, 3.05) is 0 Å². The predicted molar refractivity (Wildman–Crippen MR) is 63.0 cm³/mol. The van der Waals surface area contributed by atoms with Crippen molar-refractivity contribution in [3.05, 3.63) is 11.9 Å². The third-order valence-electron chi connectivity index (χ3n) is 2.86. The summed E-state index contributed by atoms with van der Waals surface area (Å²) in [5, 5.41) is 10.9. The van der Waals surface area contributed by atoms with Crippen LogP contribution in [-0.4, -0.2) is 26.9 Å². The first kappa shape index (κ1) is 12.0. The Morgan fingerprint density at radius 3 is 2.94 bits per heavy atom. The number of carbonyl (C=O) groups excluding carboxylic acids is 1. The highest BCUT2D eigenvalue weighted by Crippen LogP contribution is 2.41. The zero-order valence-electron chi connectivity index (χ0n) is 10.3. The Labute approximate surface area is 101 Å². The fourth-order valence-electron chi connectivity index (χ4n) is 1.64. The monoisotopic (exact) mass is 237 g/mol. The molecule has 1 aromatic rings. The van der Waals surface area contributed by atoms with Crippen molar-refractivity contribution >= 4 is 5.91 Å². The number of hydrogen-bond donors (Lipinski definition) is 2. The Morgan fingerprint density at radius 1 is 1.65 bits per heavy atom.